The molecule has 0 fully saturated rings. The second-order valence-corrected chi connectivity index (χ2v) is 5.92. The second kappa shape index (κ2) is 3.93. The molecule has 0 atom stereocenters. The number of hydrogen-bond donors (Lipinski definition) is 1. The molecule has 0 bridgehead atoms. The fourth-order valence-electron chi connectivity index (χ4n) is 2.16. The average Bonchev–Trinajstić information content (AvgIpc) is 2.31. The van der Waals surface area contributed by atoms with Crippen molar-refractivity contribution in [2.24, 2.45) is 0 Å². The minimum atomic E-state index is 0.0806. The van der Waals surface area contributed by atoms with Crippen LogP contribution in [0.5, 0.6) is 0 Å². The number of benzene rings is 1. The molecule has 4 heteroatoms. The third kappa shape index (κ3) is 1.60. The number of aromatic amines is 1. The molecule has 1 aliphatic heterocycles. The molecule has 0 amide bonds. The summed E-state index contributed by atoms with van der Waals surface area (Å²) in [4.78, 5) is 14.8. The van der Waals surface area contributed by atoms with Crippen LogP contribution in [0.3, 0.4) is 0 Å². The SMILES string of the molecule is O=c1[nH]c2ccc(Br)cc2c2c1CSCC2. The van der Waals surface area contributed by atoms with Crippen molar-refractivity contribution in [2.45, 2.75) is 12.2 Å². The molecule has 1 N–H and O–H groups in total. The van der Waals surface area contributed by atoms with Crippen LogP contribution in [-0.4, -0.2) is 10.7 Å². The number of aromatic nitrogens is 1. The Hall–Kier alpha value is -0.740. The van der Waals surface area contributed by atoms with Gasteiger partial charge < -0.3 is 4.98 Å². The van der Waals surface area contributed by atoms with E-state index in [1.54, 1.807) is 0 Å². The molecule has 3 rings (SSSR count). The predicted molar refractivity (Wildman–Crippen MR) is 72.1 cm³/mol. The number of nitrogens with one attached hydrogen (secondary N) is 1. The summed E-state index contributed by atoms with van der Waals surface area (Å²) in [6.45, 7) is 0. The van der Waals surface area contributed by atoms with Crippen molar-refractivity contribution < 1.29 is 0 Å². The summed E-state index contributed by atoms with van der Waals surface area (Å²) in [6, 6.07) is 6.02. The van der Waals surface area contributed by atoms with Crippen molar-refractivity contribution in [1.82, 2.24) is 4.98 Å². The number of fused-ring (bicyclic) bond motifs is 3. The molecule has 0 unspecified atom stereocenters. The van der Waals surface area contributed by atoms with E-state index in [9.17, 15) is 4.79 Å². The quantitative estimate of drug-likeness (QED) is 0.810. The van der Waals surface area contributed by atoms with Crippen LogP contribution < -0.4 is 5.56 Å². The monoisotopic (exact) mass is 295 g/mol. The van der Waals surface area contributed by atoms with Gasteiger partial charge in [0.05, 0.1) is 0 Å². The van der Waals surface area contributed by atoms with Crippen molar-refractivity contribution >= 4 is 38.6 Å². The number of aryl methyl sites for hydroxylation is 1. The van der Waals surface area contributed by atoms with Crippen LogP contribution in [0, 0.1) is 0 Å². The molecular formula is C12H10BrNOS. The Balaban J connectivity index is 2.43. The third-order valence-corrected chi connectivity index (χ3v) is 4.41. The third-order valence-electron chi connectivity index (χ3n) is 2.94. The second-order valence-electron chi connectivity index (χ2n) is 3.90. The van der Waals surface area contributed by atoms with Gasteiger partial charge in [0.25, 0.3) is 5.56 Å². The summed E-state index contributed by atoms with van der Waals surface area (Å²) in [5.74, 6) is 1.95. The number of H-pyrrole nitrogens is 1. The van der Waals surface area contributed by atoms with E-state index in [1.165, 1.54) is 10.9 Å². The summed E-state index contributed by atoms with van der Waals surface area (Å²) in [5.41, 5.74) is 3.22. The summed E-state index contributed by atoms with van der Waals surface area (Å²) >= 11 is 5.31. The maximum Gasteiger partial charge on any atom is 0.252 e. The van der Waals surface area contributed by atoms with Crippen molar-refractivity contribution in [3.05, 3.63) is 44.2 Å². The summed E-state index contributed by atoms with van der Waals surface area (Å²) in [7, 11) is 0. The fraction of sp³-hybridized carbons (Fsp3) is 0.250. The first-order valence-electron chi connectivity index (χ1n) is 5.17. The van der Waals surface area contributed by atoms with E-state index in [2.05, 4.69) is 27.0 Å². The van der Waals surface area contributed by atoms with Gasteiger partial charge in [0.1, 0.15) is 0 Å². The van der Waals surface area contributed by atoms with Gasteiger partial charge in [-0.1, -0.05) is 15.9 Å². The van der Waals surface area contributed by atoms with Crippen LogP contribution in [0.25, 0.3) is 10.9 Å². The number of hydrogen-bond acceptors (Lipinski definition) is 2. The number of pyridine rings is 1. The zero-order valence-electron chi connectivity index (χ0n) is 8.55. The first kappa shape index (κ1) is 10.4. The predicted octanol–water partition coefficient (Wildman–Crippen LogP) is 3.08. The lowest BCUT2D eigenvalue weighted by atomic mass is 10.0. The van der Waals surface area contributed by atoms with Gasteiger partial charge in [-0.25, -0.2) is 0 Å². The highest BCUT2D eigenvalue weighted by molar-refractivity contribution is 9.10. The zero-order valence-corrected chi connectivity index (χ0v) is 11.0. The van der Waals surface area contributed by atoms with E-state index in [0.717, 1.165) is 33.5 Å². The molecule has 0 spiro atoms. The van der Waals surface area contributed by atoms with E-state index < -0.39 is 0 Å². The highest BCUT2D eigenvalue weighted by Crippen LogP contribution is 2.28. The molecule has 1 aromatic carbocycles. The molecular weight excluding hydrogens is 286 g/mol. The summed E-state index contributed by atoms with van der Waals surface area (Å²) < 4.78 is 1.06. The average molecular weight is 296 g/mol. The fourth-order valence-corrected chi connectivity index (χ4v) is 3.52. The molecule has 0 radical (unpaired) electrons. The Morgan fingerprint density at radius 2 is 2.19 bits per heavy atom. The van der Waals surface area contributed by atoms with Crippen LogP contribution in [0.15, 0.2) is 27.5 Å². The topological polar surface area (TPSA) is 32.9 Å². The number of thioether (sulfide) groups is 1. The lowest BCUT2D eigenvalue weighted by molar-refractivity contribution is 1.06. The van der Waals surface area contributed by atoms with E-state index in [1.807, 2.05) is 23.9 Å². The Bertz CT molecular complexity index is 620. The standard InChI is InChI=1S/C12H10BrNOS/c13-7-1-2-11-9(5-7)8-3-4-16-6-10(8)12(15)14-11/h1-2,5H,3-4,6H2,(H,14,15). The molecule has 1 aliphatic rings. The number of rotatable bonds is 0. The summed E-state index contributed by atoms with van der Waals surface area (Å²) in [6.07, 6.45) is 0.997. The van der Waals surface area contributed by atoms with Gasteiger partial charge in [0.15, 0.2) is 0 Å². The van der Waals surface area contributed by atoms with E-state index in [-0.39, 0.29) is 5.56 Å². The van der Waals surface area contributed by atoms with Gasteiger partial charge in [0.2, 0.25) is 0 Å². The van der Waals surface area contributed by atoms with Gasteiger partial charge in [-0.2, -0.15) is 11.8 Å². The van der Waals surface area contributed by atoms with Crippen LogP contribution in [0.1, 0.15) is 11.1 Å². The summed E-state index contributed by atoms with van der Waals surface area (Å²) in [5, 5.41) is 1.18. The Morgan fingerprint density at radius 3 is 3.06 bits per heavy atom. The lowest BCUT2D eigenvalue weighted by Gasteiger charge is -2.16. The molecule has 0 saturated carbocycles. The van der Waals surface area contributed by atoms with Gasteiger partial charge in [-0.05, 0) is 35.9 Å². The minimum absolute atomic E-state index is 0.0806. The first-order valence-corrected chi connectivity index (χ1v) is 7.11. The van der Waals surface area contributed by atoms with Crippen molar-refractivity contribution in [3.63, 3.8) is 0 Å². The van der Waals surface area contributed by atoms with E-state index in [0.29, 0.717) is 0 Å². The van der Waals surface area contributed by atoms with Crippen molar-refractivity contribution in [3.8, 4) is 0 Å². The Morgan fingerprint density at radius 1 is 1.31 bits per heavy atom. The lowest BCUT2D eigenvalue weighted by Crippen LogP contribution is -2.18. The molecule has 2 aromatic rings. The molecule has 0 saturated heterocycles. The molecule has 2 nitrogen and oxygen atoms in total. The van der Waals surface area contributed by atoms with E-state index >= 15 is 0 Å². The molecule has 16 heavy (non-hydrogen) atoms. The van der Waals surface area contributed by atoms with Gasteiger partial charge in [-0.15, -0.1) is 0 Å². The van der Waals surface area contributed by atoms with Crippen molar-refractivity contribution in [1.29, 1.82) is 0 Å². The van der Waals surface area contributed by atoms with Gasteiger partial charge >= 0.3 is 0 Å². The molecule has 0 aliphatic carbocycles. The Kier molecular flexibility index (Phi) is 2.56. The molecule has 1 aromatic heterocycles. The van der Waals surface area contributed by atoms with Gasteiger partial charge in [-0.3, -0.25) is 4.79 Å². The van der Waals surface area contributed by atoms with Crippen LogP contribution in [0.2, 0.25) is 0 Å². The van der Waals surface area contributed by atoms with Gasteiger partial charge in [0, 0.05) is 26.7 Å². The van der Waals surface area contributed by atoms with Crippen LogP contribution in [0.4, 0.5) is 0 Å². The highest BCUT2D eigenvalue weighted by atomic mass is 79.9. The smallest absolute Gasteiger partial charge is 0.252 e. The molecule has 2 heterocycles. The maximum absolute atomic E-state index is 11.9. The normalized spacial score (nSPS) is 15.1. The highest BCUT2D eigenvalue weighted by Gasteiger charge is 2.16. The van der Waals surface area contributed by atoms with Crippen LogP contribution >= 0.6 is 27.7 Å². The van der Waals surface area contributed by atoms with E-state index in [4.69, 9.17) is 0 Å². The largest absolute Gasteiger partial charge is 0.322 e. The Labute approximate surface area is 106 Å². The first-order chi connectivity index (χ1) is 7.75. The van der Waals surface area contributed by atoms with Crippen LogP contribution in [-0.2, 0) is 12.2 Å². The minimum Gasteiger partial charge on any atom is -0.322 e. The number of halogens is 1. The maximum atomic E-state index is 11.9. The van der Waals surface area contributed by atoms with Crippen molar-refractivity contribution in [2.75, 3.05) is 5.75 Å². The zero-order chi connectivity index (χ0) is 11.1. The molecule has 82 valence electrons.